The fourth-order valence-electron chi connectivity index (χ4n) is 0.723. The quantitative estimate of drug-likeness (QED) is 0.542. The van der Waals surface area contributed by atoms with Gasteiger partial charge in [0.15, 0.2) is 5.11 Å². The van der Waals surface area contributed by atoms with Crippen LogP contribution in [0.1, 0.15) is 11.4 Å². The molecule has 0 unspecified atom stereocenters. The van der Waals surface area contributed by atoms with Gasteiger partial charge in [-0.2, -0.15) is 0 Å². The summed E-state index contributed by atoms with van der Waals surface area (Å²) >= 11 is 4.64. The van der Waals surface area contributed by atoms with Crippen molar-refractivity contribution in [1.29, 1.82) is 0 Å². The summed E-state index contributed by atoms with van der Waals surface area (Å²) in [7, 11) is 0. The van der Waals surface area contributed by atoms with Crippen LogP contribution < -0.4 is 11.1 Å². The fraction of sp³-hybridized carbons (Fsp3) is 0.333. The highest BCUT2D eigenvalue weighted by Crippen LogP contribution is 2.05. The van der Waals surface area contributed by atoms with Crippen molar-refractivity contribution in [2.45, 2.75) is 13.8 Å². The van der Waals surface area contributed by atoms with E-state index in [4.69, 9.17) is 5.73 Å². The van der Waals surface area contributed by atoms with Gasteiger partial charge in [0.05, 0.1) is 5.69 Å². The van der Waals surface area contributed by atoms with E-state index in [1.807, 2.05) is 13.8 Å². The molecule has 0 spiro atoms. The topological polar surface area (TPSA) is 66.7 Å². The van der Waals surface area contributed by atoms with Gasteiger partial charge >= 0.3 is 0 Å². The van der Waals surface area contributed by atoms with E-state index in [9.17, 15) is 0 Å². The van der Waals surface area contributed by atoms with Gasteiger partial charge < -0.3 is 16.0 Å². The standard InChI is InChI=1S/C6H10N4S/c1-3-4(2)9-6(8-3)10-5(7)11/h1-2H3,(H4,7,8,9,10,11). The average molecular weight is 170 g/mol. The molecule has 1 rings (SSSR count). The van der Waals surface area contributed by atoms with Gasteiger partial charge in [-0.1, -0.05) is 0 Å². The molecule has 1 aromatic heterocycles. The van der Waals surface area contributed by atoms with Crippen LogP contribution in [0.4, 0.5) is 5.95 Å². The summed E-state index contributed by atoms with van der Waals surface area (Å²) in [4.78, 5) is 7.10. The van der Waals surface area contributed by atoms with Crippen LogP contribution in [0, 0.1) is 13.8 Å². The van der Waals surface area contributed by atoms with Crippen molar-refractivity contribution in [3.8, 4) is 0 Å². The number of aromatic nitrogens is 2. The number of hydrogen-bond acceptors (Lipinski definition) is 2. The summed E-state index contributed by atoms with van der Waals surface area (Å²) in [5, 5.41) is 2.93. The number of nitrogens with one attached hydrogen (secondary N) is 2. The number of thiocarbonyl (C=S) groups is 1. The van der Waals surface area contributed by atoms with Crippen molar-refractivity contribution >= 4 is 23.3 Å². The monoisotopic (exact) mass is 170 g/mol. The van der Waals surface area contributed by atoms with E-state index < -0.39 is 0 Å². The van der Waals surface area contributed by atoms with Crippen molar-refractivity contribution in [3.63, 3.8) is 0 Å². The van der Waals surface area contributed by atoms with Crippen LogP contribution in [0.3, 0.4) is 0 Å². The Labute approximate surface area is 70.2 Å². The minimum Gasteiger partial charge on any atom is -0.376 e. The van der Waals surface area contributed by atoms with Gasteiger partial charge in [-0.25, -0.2) is 4.98 Å². The molecular weight excluding hydrogens is 160 g/mol. The Bertz CT molecular complexity index is 259. The molecular formula is C6H10N4S. The Morgan fingerprint density at radius 2 is 2.27 bits per heavy atom. The second-order valence-corrected chi connectivity index (χ2v) is 2.72. The summed E-state index contributed by atoms with van der Waals surface area (Å²) < 4.78 is 0. The Morgan fingerprint density at radius 1 is 1.64 bits per heavy atom. The zero-order valence-corrected chi connectivity index (χ0v) is 7.25. The number of aromatic amines is 1. The molecule has 0 fully saturated rings. The van der Waals surface area contributed by atoms with Crippen molar-refractivity contribution in [2.24, 2.45) is 5.73 Å². The first-order valence-electron chi connectivity index (χ1n) is 3.19. The lowest BCUT2D eigenvalue weighted by Crippen LogP contribution is -2.19. The third-order valence-corrected chi connectivity index (χ3v) is 1.47. The Morgan fingerprint density at radius 3 is 2.64 bits per heavy atom. The summed E-state index contributed by atoms with van der Waals surface area (Å²) in [6.07, 6.45) is 0. The number of anilines is 1. The molecule has 1 aromatic rings. The summed E-state index contributed by atoms with van der Waals surface area (Å²) in [6.45, 7) is 3.85. The Balaban J connectivity index is 2.81. The second kappa shape index (κ2) is 2.87. The molecule has 0 saturated carbocycles. The van der Waals surface area contributed by atoms with E-state index in [1.54, 1.807) is 0 Å². The molecule has 0 atom stereocenters. The maximum atomic E-state index is 5.24. The molecule has 0 bridgehead atoms. The lowest BCUT2D eigenvalue weighted by atomic mass is 10.4. The molecule has 0 aliphatic heterocycles. The second-order valence-electron chi connectivity index (χ2n) is 2.29. The average Bonchev–Trinajstić information content (AvgIpc) is 2.10. The first kappa shape index (κ1) is 8.00. The van der Waals surface area contributed by atoms with Gasteiger partial charge in [-0.05, 0) is 26.1 Å². The smallest absolute Gasteiger partial charge is 0.206 e. The van der Waals surface area contributed by atoms with E-state index >= 15 is 0 Å². The van der Waals surface area contributed by atoms with E-state index in [2.05, 4.69) is 27.5 Å². The van der Waals surface area contributed by atoms with E-state index in [1.165, 1.54) is 0 Å². The lowest BCUT2D eigenvalue weighted by molar-refractivity contribution is 1.22. The van der Waals surface area contributed by atoms with Crippen LogP contribution >= 0.6 is 12.2 Å². The van der Waals surface area contributed by atoms with Crippen LogP contribution in [0.15, 0.2) is 0 Å². The zero-order valence-electron chi connectivity index (χ0n) is 6.43. The number of imidazole rings is 1. The predicted molar refractivity (Wildman–Crippen MR) is 48.5 cm³/mol. The van der Waals surface area contributed by atoms with E-state index in [-0.39, 0.29) is 5.11 Å². The first-order valence-corrected chi connectivity index (χ1v) is 3.60. The zero-order chi connectivity index (χ0) is 8.43. The molecule has 0 amide bonds. The van der Waals surface area contributed by atoms with Crippen molar-refractivity contribution < 1.29 is 0 Å². The molecule has 0 saturated heterocycles. The Hall–Kier alpha value is -1.10. The maximum Gasteiger partial charge on any atom is 0.206 e. The highest BCUT2D eigenvalue weighted by Gasteiger charge is 2.00. The van der Waals surface area contributed by atoms with Crippen LogP contribution in [0.5, 0.6) is 0 Å². The highest BCUT2D eigenvalue weighted by atomic mass is 32.1. The molecule has 4 N–H and O–H groups in total. The molecule has 11 heavy (non-hydrogen) atoms. The minimum absolute atomic E-state index is 0.221. The van der Waals surface area contributed by atoms with Gasteiger partial charge in [-0.15, -0.1) is 0 Å². The SMILES string of the molecule is Cc1nc(NC(N)=S)[nH]c1C. The predicted octanol–water partition coefficient (Wildman–Crippen LogP) is 0.682. The van der Waals surface area contributed by atoms with Gasteiger partial charge in [-0.3, -0.25) is 0 Å². The highest BCUT2D eigenvalue weighted by molar-refractivity contribution is 7.80. The third-order valence-electron chi connectivity index (χ3n) is 1.37. The number of nitrogens with zero attached hydrogens (tertiary/aromatic N) is 1. The largest absolute Gasteiger partial charge is 0.376 e. The third kappa shape index (κ3) is 1.91. The lowest BCUT2D eigenvalue weighted by Gasteiger charge is -1.95. The molecule has 0 radical (unpaired) electrons. The van der Waals surface area contributed by atoms with Gasteiger partial charge in [0.25, 0.3) is 0 Å². The number of H-pyrrole nitrogens is 1. The summed E-state index contributed by atoms with van der Waals surface area (Å²) in [6, 6.07) is 0. The van der Waals surface area contributed by atoms with Crippen molar-refractivity contribution in [3.05, 3.63) is 11.4 Å². The van der Waals surface area contributed by atoms with Gasteiger partial charge in [0.2, 0.25) is 5.95 Å². The van der Waals surface area contributed by atoms with Crippen molar-refractivity contribution in [2.75, 3.05) is 5.32 Å². The van der Waals surface area contributed by atoms with Crippen LogP contribution in [-0.2, 0) is 0 Å². The van der Waals surface area contributed by atoms with Crippen LogP contribution in [-0.4, -0.2) is 15.1 Å². The number of nitrogens with two attached hydrogens (primary N) is 1. The Kier molecular flexibility index (Phi) is 2.09. The maximum absolute atomic E-state index is 5.24. The number of rotatable bonds is 1. The fourth-order valence-corrected chi connectivity index (χ4v) is 0.820. The minimum atomic E-state index is 0.221. The molecule has 0 aromatic carbocycles. The normalized spacial score (nSPS) is 9.64. The van der Waals surface area contributed by atoms with E-state index in [0.29, 0.717) is 5.95 Å². The van der Waals surface area contributed by atoms with Crippen LogP contribution in [0.2, 0.25) is 0 Å². The van der Waals surface area contributed by atoms with E-state index in [0.717, 1.165) is 11.4 Å². The number of hydrogen-bond donors (Lipinski definition) is 3. The molecule has 5 heteroatoms. The molecule has 4 nitrogen and oxygen atoms in total. The molecule has 0 aliphatic rings. The summed E-state index contributed by atoms with van der Waals surface area (Å²) in [5.74, 6) is 0.604. The van der Waals surface area contributed by atoms with Crippen LogP contribution in [0.25, 0.3) is 0 Å². The molecule has 60 valence electrons. The summed E-state index contributed by atoms with van der Waals surface area (Å²) in [5.41, 5.74) is 7.21. The molecule has 1 heterocycles. The first-order chi connectivity index (χ1) is 5.09. The number of aryl methyl sites for hydroxylation is 2. The van der Waals surface area contributed by atoms with Gasteiger partial charge in [0.1, 0.15) is 0 Å². The van der Waals surface area contributed by atoms with Crippen molar-refractivity contribution in [1.82, 2.24) is 9.97 Å². The molecule has 0 aliphatic carbocycles. The van der Waals surface area contributed by atoms with Gasteiger partial charge in [0, 0.05) is 5.69 Å².